The predicted molar refractivity (Wildman–Crippen MR) is 74.9 cm³/mol. The number of benzene rings is 1. The van der Waals surface area contributed by atoms with Gasteiger partial charge in [0.15, 0.2) is 0 Å². The van der Waals surface area contributed by atoms with Crippen LogP contribution >= 0.6 is 0 Å². The van der Waals surface area contributed by atoms with Crippen LogP contribution in [-0.4, -0.2) is 18.6 Å². The maximum absolute atomic E-state index is 11.6. The van der Waals surface area contributed by atoms with Crippen LogP contribution in [0.4, 0.5) is 5.69 Å². The van der Waals surface area contributed by atoms with Gasteiger partial charge in [0.25, 0.3) is 0 Å². The Morgan fingerprint density at radius 3 is 2.56 bits per heavy atom. The molecule has 0 aliphatic rings. The van der Waals surface area contributed by atoms with Crippen LogP contribution in [0.3, 0.4) is 0 Å². The number of hydrogen-bond acceptors (Lipinski definition) is 3. The first kappa shape index (κ1) is 14.6. The van der Waals surface area contributed by atoms with Gasteiger partial charge in [-0.3, -0.25) is 0 Å². The third-order valence-corrected chi connectivity index (χ3v) is 3.12. The van der Waals surface area contributed by atoms with Crippen molar-refractivity contribution in [2.24, 2.45) is 0 Å². The average molecular weight is 249 g/mol. The number of esters is 1. The monoisotopic (exact) mass is 249 g/mol. The Morgan fingerprint density at radius 1 is 1.28 bits per heavy atom. The number of hydrogen-bond donors (Lipinski definition) is 1. The molecule has 0 aliphatic carbocycles. The quantitative estimate of drug-likeness (QED) is 0.783. The summed E-state index contributed by atoms with van der Waals surface area (Å²) in [7, 11) is 0. The number of anilines is 1. The minimum absolute atomic E-state index is 0.212. The van der Waals surface area contributed by atoms with E-state index in [2.05, 4.69) is 25.2 Å². The highest BCUT2D eigenvalue weighted by molar-refractivity contribution is 5.79. The first-order valence-electron chi connectivity index (χ1n) is 6.62. The lowest BCUT2D eigenvalue weighted by molar-refractivity contribution is -0.143. The Morgan fingerprint density at radius 2 is 1.94 bits per heavy atom. The van der Waals surface area contributed by atoms with Gasteiger partial charge in [-0.1, -0.05) is 32.0 Å². The number of ether oxygens (including phenoxy) is 1. The number of para-hydroxylation sites is 1. The Bertz CT molecular complexity index is 390. The molecular formula is C15H23NO2. The lowest BCUT2D eigenvalue weighted by atomic mass is 9.96. The van der Waals surface area contributed by atoms with Crippen LogP contribution in [0.15, 0.2) is 24.3 Å². The second-order valence-electron chi connectivity index (χ2n) is 4.51. The van der Waals surface area contributed by atoms with Gasteiger partial charge in [-0.05, 0) is 37.8 Å². The van der Waals surface area contributed by atoms with Crippen LogP contribution in [0.25, 0.3) is 0 Å². The number of rotatable bonds is 6. The van der Waals surface area contributed by atoms with Crippen LogP contribution in [0.2, 0.25) is 0 Å². The van der Waals surface area contributed by atoms with Crippen molar-refractivity contribution < 1.29 is 9.53 Å². The minimum atomic E-state index is -0.324. The molecule has 0 aliphatic heterocycles. The van der Waals surface area contributed by atoms with Crippen molar-refractivity contribution >= 4 is 11.7 Å². The Kier molecular flexibility index (Phi) is 5.69. The largest absolute Gasteiger partial charge is 0.464 e. The van der Waals surface area contributed by atoms with Crippen molar-refractivity contribution in [2.75, 3.05) is 11.9 Å². The summed E-state index contributed by atoms with van der Waals surface area (Å²) in [6.45, 7) is 8.41. The van der Waals surface area contributed by atoms with Gasteiger partial charge >= 0.3 is 5.97 Å². The van der Waals surface area contributed by atoms with Gasteiger partial charge in [-0.25, -0.2) is 4.79 Å². The van der Waals surface area contributed by atoms with Crippen molar-refractivity contribution in [1.29, 1.82) is 0 Å². The number of nitrogens with one attached hydrogen (secondary N) is 1. The second kappa shape index (κ2) is 7.04. The van der Waals surface area contributed by atoms with Crippen molar-refractivity contribution in [3.63, 3.8) is 0 Å². The zero-order chi connectivity index (χ0) is 13.5. The van der Waals surface area contributed by atoms with Crippen molar-refractivity contribution in [3.8, 4) is 0 Å². The molecule has 3 heteroatoms. The highest BCUT2D eigenvalue weighted by Gasteiger charge is 2.16. The predicted octanol–water partition coefficient (Wildman–Crippen LogP) is 3.56. The van der Waals surface area contributed by atoms with Crippen molar-refractivity contribution in [1.82, 2.24) is 0 Å². The van der Waals surface area contributed by atoms with Crippen LogP contribution in [0.5, 0.6) is 0 Å². The smallest absolute Gasteiger partial charge is 0.328 e. The fourth-order valence-corrected chi connectivity index (χ4v) is 1.84. The molecular weight excluding hydrogens is 226 g/mol. The van der Waals surface area contributed by atoms with Crippen molar-refractivity contribution in [2.45, 2.75) is 46.1 Å². The zero-order valence-corrected chi connectivity index (χ0v) is 11.7. The minimum Gasteiger partial charge on any atom is -0.464 e. The standard InChI is InChI=1S/C15H23NO2/c1-5-11(3)13-9-7-8-10-14(13)16-12(4)15(17)18-6-2/h7-12,16H,5-6H2,1-4H3/t11?,12-/m0/s1. The van der Waals surface area contributed by atoms with E-state index >= 15 is 0 Å². The molecule has 0 aromatic heterocycles. The van der Waals surface area contributed by atoms with E-state index in [-0.39, 0.29) is 12.0 Å². The molecule has 18 heavy (non-hydrogen) atoms. The maximum Gasteiger partial charge on any atom is 0.328 e. The van der Waals surface area contributed by atoms with E-state index in [1.165, 1.54) is 5.56 Å². The summed E-state index contributed by atoms with van der Waals surface area (Å²) < 4.78 is 5.00. The normalized spacial score (nSPS) is 13.8. The number of carbonyl (C=O) groups excluding carboxylic acids is 1. The Labute approximate surface area is 110 Å². The van der Waals surface area contributed by atoms with Gasteiger partial charge in [0, 0.05) is 5.69 Å². The van der Waals surface area contributed by atoms with E-state index in [0.717, 1.165) is 12.1 Å². The first-order chi connectivity index (χ1) is 8.60. The van der Waals surface area contributed by atoms with E-state index in [1.54, 1.807) is 0 Å². The van der Waals surface area contributed by atoms with Gasteiger partial charge in [-0.15, -0.1) is 0 Å². The molecule has 0 bridgehead atoms. The molecule has 0 heterocycles. The molecule has 2 atom stereocenters. The Balaban J connectivity index is 2.80. The summed E-state index contributed by atoms with van der Waals surface area (Å²) >= 11 is 0. The molecule has 1 aromatic rings. The van der Waals surface area contributed by atoms with Gasteiger partial charge in [0.2, 0.25) is 0 Å². The zero-order valence-electron chi connectivity index (χ0n) is 11.7. The summed E-state index contributed by atoms with van der Waals surface area (Å²) in [5, 5.41) is 3.24. The summed E-state index contributed by atoms with van der Waals surface area (Å²) in [4.78, 5) is 11.6. The van der Waals surface area contributed by atoms with E-state index < -0.39 is 0 Å². The summed E-state index contributed by atoms with van der Waals surface area (Å²) in [5.41, 5.74) is 2.27. The molecule has 0 spiro atoms. The third-order valence-electron chi connectivity index (χ3n) is 3.12. The molecule has 0 fully saturated rings. The summed E-state index contributed by atoms with van der Waals surface area (Å²) in [6, 6.07) is 7.80. The average Bonchev–Trinajstić information content (AvgIpc) is 2.38. The lowest BCUT2D eigenvalue weighted by Crippen LogP contribution is -2.28. The highest BCUT2D eigenvalue weighted by atomic mass is 16.5. The molecule has 1 unspecified atom stereocenters. The van der Waals surface area contributed by atoms with E-state index in [4.69, 9.17) is 4.74 Å². The lowest BCUT2D eigenvalue weighted by Gasteiger charge is -2.19. The third kappa shape index (κ3) is 3.76. The Hall–Kier alpha value is -1.51. The van der Waals surface area contributed by atoms with Crippen LogP contribution in [0.1, 0.15) is 45.6 Å². The topological polar surface area (TPSA) is 38.3 Å². The van der Waals surface area contributed by atoms with Gasteiger partial charge in [0.05, 0.1) is 6.61 Å². The summed E-state index contributed by atoms with van der Waals surface area (Å²) in [6.07, 6.45) is 1.08. The van der Waals surface area contributed by atoms with E-state index in [1.807, 2.05) is 32.0 Å². The maximum atomic E-state index is 11.6. The molecule has 0 amide bonds. The van der Waals surface area contributed by atoms with Gasteiger partial charge < -0.3 is 10.1 Å². The van der Waals surface area contributed by atoms with Crippen LogP contribution in [-0.2, 0) is 9.53 Å². The number of carbonyl (C=O) groups is 1. The molecule has 3 nitrogen and oxygen atoms in total. The molecule has 100 valence electrons. The van der Waals surface area contributed by atoms with Crippen LogP contribution in [0, 0.1) is 0 Å². The highest BCUT2D eigenvalue weighted by Crippen LogP contribution is 2.26. The van der Waals surface area contributed by atoms with E-state index in [9.17, 15) is 4.79 Å². The molecule has 1 rings (SSSR count). The van der Waals surface area contributed by atoms with Crippen LogP contribution < -0.4 is 5.32 Å². The molecule has 0 radical (unpaired) electrons. The molecule has 0 saturated carbocycles. The molecule has 0 saturated heterocycles. The summed E-state index contributed by atoms with van der Waals surface area (Å²) in [5.74, 6) is 0.263. The van der Waals surface area contributed by atoms with Crippen molar-refractivity contribution in [3.05, 3.63) is 29.8 Å². The van der Waals surface area contributed by atoms with E-state index in [0.29, 0.717) is 12.5 Å². The molecule has 1 N–H and O–H groups in total. The fraction of sp³-hybridized carbons (Fsp3) is 0.533. The van der Waals surface area contributed by atoms with Gasteiger partial charge in [-0.2, -0.15) is 0 Å². The molecule has 1 aromatic carbocycles. The van der Waals surface area contributed by atoms with Gasteiger partial charge in [0.1, 0.15) is 6.04 Å². The SMILES string of the molecule is CCOC(=O)[C@H](C)Nc1ccccc1C(C)CC. The second-order valence-corrected chi connectivity index (χ2v) is 4.51. The fourth-order valence-electron chi connectivity index (χ4n) is 1.84. The first-order valence-corrected chi connectivity index (χ1v) is 6.62.